The molecule has 0 radical (unpaired) electrons. The molecule has 0 bridgehead atoms. The van der Waals surface area contributed by atoms with Crippen molar-refractivity contribution < 1.29 is 0 Å². The molecule has 0 saturated heterocycles. The average molecular weight is 394 g/mol. The van der Waals surface area contributed by atoms with Crippen molar-refractivity contribution in [2.45, 2.75) is 13.1 Å². The van der Waals surface area contributed by atoms with Crippen LogP contribution in [0.25, 0.3) is 28.4 Å². The fraction of sp³-hybridized carbons (Fsp3) is 0.136. The fourth-order valence-electron chi connectivity index (χ4n) is 3.87. The van der Waals surface area contributed by atoms with Crippen LogP contribution >= 0.6 is 0 Å². The Bertz CT molecular complexity index is 1320. The van der Waals surface area contributed by atoms with E-state index in [0.717, 1.165) is 53.2 Å². The molecule has 0 spiro atoms. The first-order valence-electron chi connectivity index (χ1n) is 9.87. The van der Waals surface area contributed by atoms with Crippen LogP contribution in [0.15, 0.2) is 72.8 Å². The molecule has 0 saturated carbocycles. The van der Waals surface area contributed by atoms with Gasteiger partial charge in [-0.25, -0.2) is 0 Å². The number of aromatic nitrogens is 7. The van der Waals surface area contributed by atoms with Crippen molar-refractivity contribution in [3.8, 4) is 22.8 Å². The lowest BCUT2D eigenvalue weighted by Gasteiger charge is -2.28. The molecular weight excluding hydrogens is 376 g/mol. The van der Waals surface area contributed by atoms with Gasteiger partial charge in [0.25, 0.3) is 0 Å². The number of hydrogen-bond donors (Lipinski definition) is 0. The van der Waals surface area contributed by atoms with Gasteiger partial charge < -0.3 is 9.47 Å². The van der Waals surface area contributed by atoms with E-state index in [1.54, 1.807) is 4.52 Å². The van der Waals surface area contributed by atoms with Gasteiger partial charge in [0.05, 0.1) is 6.54 Å². The van der Waals surface area contributed by atoms with Crippen molar-refractivity contribution in [2.24, 2.45) is 0 Å². The van der Waals surface area contributed by atoms with E-state index in [0.29, 0.717) is 6.54 Å². The molecule has 0 amide bonds. The zero-order valence-electron chi connectivity index (χ0n) is 16.1. The van der Waals surface area contributed by atoms with Gasteiger partial charge in [0.15, 0.2) is 23.1 Å². The largest absolute Gasteiger partial charge is 0.346 e. The second kappa shape index (κ2) is 6.77. The minimum Gasteiger partial charge on any atom is -0.346 e. The molecule has 6 rings (SSSR count). The van der Waals surface area contributed by atoms with Gasteiger partial charge in [-0.3, -0.25) is 0 Å². The zero-order chi connectivity index (χ0) is 19.9. The topological polar surface area (TPSA) is 77.0 Å². The number of fused-ring (bicyclic) bond motifs is 2. The van der Waals surface area contributed by atoms with Crippen LogP contribution in [0.1, 0.15) is 5.82 Å². The molecule has 2 aromatic carbocycles. The zero-order valence-corrected chi connectivity index (χ0v) is 16.1. The van der Waals surface area contributed by atoms with E-state index < -0.39 is 0 Å². The second-order valence-corrected chi connectivity index (χ2v) is 7.23. The van der Waals surface area contributed by atoms with Crippen LogP contribution in [0.2, 0.25) is 0 Å². The summed E-state index contributed by atoms with van der Waals surface area (Å²) < 4.78 is 4.00. The molecule has 30 heavy (non-hydrogen) atoms. The van der Waals surface area contributed by atoms with Crippen LogP contribution in [0, 0.1) is 0 Å². The van der Waals surface area contributed by atoms with E-state index in [4.69, 9.17) is 5.10 Å². The third-order valence-electron chi connectivity index (χ3n) is 5.39. The molecule has 0 fully saturated rings. The number of rotatable bonds is 3. The lowest BCUT2D eigenvalue weighted by atomic mass is 10.2. The monoisotopic (exact) mass is 394 g/mol. The van der Waals surface area contributed by atoms with Crippen molar-refractivity contribution in [3.63, 3.8) is 0 Å². The Morgan fingerprint density at radius 2 is 1.33 bits per heavy atom. The van der Waals surface area contributed by atoms with Crippen LogP contribution in [-0.4, -0.2) is 41.1 Å². The van der Waals surface area contributed by atoms with Crippen molar-refractivity contribution in [3.05, 3.63) is 78.6 Å². The molecule has 1 aliphatic rings. The Hall–Kier alpha value is -4.07. The van der Waals surface area contributed by atoms with Crippen LogP contribution in [0.5, 0.6) is 0 Å². The smallest absolute Gasteiger partial charge is 0.185 e. The predicted molar refractivity (Wildman–Crippen MR) is 113 cm³/mol. The maximum Gasteiger partial charge on any atom is 0.185 e. The van der Waals surface area contributed by atoms with E-state index >= 15 is 0 Å². The minimum absolute atomic E-state index is 0.654. The molecule has 0 unspecified atom stereocenters. The van der Waals surface area contributed by atoms with Gasteiger partial charge in [-0.2, -0.15) is 4.52 Å². The summed E-state index contributed by atoms with van der Waals surface area (Å²) >= 11 is 0. The summed E-state index contributed by atoms with van der Waals surface area (Å²) in [5.74, 6) is 3.46. The Morgan fingerprint density at radius 3 is 2.10 bits per heavy atom. The summed E-state index contributed by atoms with van der Waals surface area (Å²) in [6, 6.07) is 24.1. The van der Waals surface area contributed by atoms with E-state index in [2.05, 4.69) is 42.0 Å². The third kappa shape index (κ3) is 2.73. The lowest BCUT2D eigenvalue weighted by molar-refractivity contribution is 0.557. The van der Waals surface area contributed by atoms with Crippen LogP contribution in [-0.2, 0) is 13.1 Å². The SMILES string of the molecule is c1ccc(-c2nnc3n2CCN(c2ccc4nnc(-c5ccccc5)n4n2)C3)cc1. The maximum absolute atomic E-state index is 4.83. The summed E-state index contributed by atoms with van der Waals surface area (Å²) in [6.45, 7) is 2.29. The average Bonchev–Trinajstić information content (AvgIpc) is 3.43. The molecule has 0 N–H and O–H groups in total. The summed E-state index contributed by atoms with van der Waals surface area (Å²) in [6.07, 6.45) is 0. The van der Waals surface area contributed by atoms with Gasteiger partial charge in [-0.1, -0.05) is 60.7 Å². The number of nitrogens with zero attached hydrogens (tertiary/aromatic N) is 8. The van der Waals surface area contributed by atoms with Crippen LogP contribution < -0.4 is 4.90 Å². The van der Waals surface area contributed by atoms with Crippen molar-refractivity contribution >= 4 is 11.5 Å². The van der Waals surface area contributed by atoms with Gasteiger partial charge in [0, 0.05) is 24.2 Å². The first kappa shape index (κ1) is 16.8. The van der Waals surface area contributed by atoms with Crippen LogP contribution in [0.3, 0.4) is 0 Å². The number of anilines is 1. The Labute approximate surface area is 172 Å². The number of benzene rings is 2. The molecule has 5 aromatic rings. The molecule has 0 atom stereocenters. The molecule has 8 heteroatoms. The highest BCUT2D eigenvalue weighted by Gasteiger charge is 2.23. The minimum atomic E-state index is 0.654. The third-order valence-corrected chi connectivity index (χ3v) is 5.39. The van der Waals surface area contributed by atoms with E-state index in [9.17, 15) is 0 Å². The Morgan fingerprint density at radius 1 is 0.633 bits per heavy atom. The standard InChI is InChI=1S/C22H18N8/c1-3-7-16(8-4-1)21-25-24-20-15-28(13-14-29(20)21)19-12-11-18-23-26-22(30(18)27-19)17-9-5-2-6-10-17/h1-12H,13-15H2. The molecule has 4 heterocycles. The summed E-state index contributed by atoms with van der Waals surface area (Å²) in [7, 11) is 0. The molecule has 1 aliphatic heterocycles. The van der Waals surface area contributed by atoms with Crippen molar-refractivity contribution in [1.29, 1.82) is 0 Å². The normalized spacial score (nSPS) is 13.5. The molecule has 0 aliphatic carbocycles. The lowest BCUT2D eigenvalue weighted by Crippen LogP contribution is -2.34. The first-order valence-corrected chi connectivity index (χ1v) is 9.87. The molecular formula is C22H18N8. The molecule has 8 nitrogen and oxygen atoms in total. The van der Waals surface area contributed by atoms with E-state index in [-0.39, 0.29) is 0 Å². The van der Waals surface area contributed by atoms with Crippen molar-refractivity contribution in [1.82, 2.24) is 34.6 Å². The van der Waals surface area contributed by atoms with Gasteiger partial charge in [-0.15, -0.1) is 25.5 Å². The fourth-order valence-corrected chi connectivity index (χ4v) is 3.87. The Kier molecular flexibility index (Phi) is 3.80. The van der Waals surface area contributed by atoms with Gasteiger partial charge in [-0.05, 0) is 12.1 Å². The van der Waals surface area contributed by atoms with Gasteiger partial charge in [0.2, 0.25) is 0 Å². The summed E-state index contributed by atoms with van der Waals surface area (Å²) in [5.41, 5.74) is 2.80. The molecule has 3 aromatic heterocycles. The summed E-state index contributed by atoms with van der Waals surface area (Å²) in [4.78, 5) is 2.22. The highest BCUT2D eigenvalue weighted by Crippen LogP contribution is 2.25. The highest BCUT2D eigenvalue weighted by atomic mass is 15.4. The predicted octanol–water partition coefficient (Wildman–Crippen LogP) is 3.07. The quantitative estimate of drug-likeness (QED) is 0.468. The van der Waals surface area contributed by atoms with E-state index in [1.165, 1.54) is 0 Å². The summed E-state index contributed by atoms with van der Waals surface area (Å²) in [5, 5.41) is 22.3. The second-order valence-electron chi connectivity index (χ2n) is 7.23. The highest BCUT2D eigenvalue weighted by molar-refractivity contribution is 5.60. The van der Waals surface area contributed by atoms with E-state index in [1.807, 2.05) is 60.7 Å². The molecule has 146 valence electrons. The number of hydrogen-bond acceptors (Lipinski definition) is 6. The van der Waals surface area contributed by atoms with Gasteiger partial charge in [0.1, 0.15) is 5.82 Å². The van der Waals surface area contributed by atoms with Crippen LogP contribution in [0.4, 0.5) is 5.82 Å². The van der Waals surface area contributed by atoms with Gasteiger partial charge >= 0.3 is 0 Å². The first-order chi connectivity index (χ1) is 14.9. The Balaban J connectivity index is 1.34. The van der Waals surface area contributed by atoms with Crippen molar-refractivity contribution in [2.75, 3.05) is 11.4 Å². The maximum atomic E-state index is 4.83.